The van der Waals surface area contributed by atoms with E-state index in [1.165, 1.54) is 0 Å². The van der Waals surface area contributed by atoms with Gasteiger partial charge >= 0.3 is 0 Å². The Hall–Kier alpha value is -2.28. The van der Waals surface area contributed by atoms with E-state index in [4.69, 9.17) is 26.4 Å². The minimum Gasteiger partial charge on any atom is -0.493 e. The summed E-state index contributed by atoms with van der Waals surface area (Å²) in [5.41, 5.74) is 2.31. The van der Waals surface area contributed by atoms with Crippen LogP contribution in [-0.2, 0) is 4.79 Å². The standard InChI is InChI=1S/C19H26N2O4S/c1-7-8-25-18-14(23-5)9-13(10-15(18)24-6)17-16(12(3)22)11(2)21(4)19(26)20-17/h9-10,17H,7-8H2,1-6H3,(H,20,26). The van der Waals surface area contributed by atoms with Gasteiger partial charge in [-0.3, -0.25) is 4.79 Å². The van der Waals surface area contributed by atoms with Crippen molar-refractivity contribution in [2.24, 2.45) is 0 Å². The fraction of sp³-hybridized carbons (Fsp3) is 0.474. The molecule has 0 aromatic heterocycles. The Bertz CT molecular complexity index is 720. The summed E-state index contributed by atoms with van der Waals surface area (Å²) in [7, 11) is 5.00. The van der Waals surface area contributed by atoms with Crippen LogP contribution in [0.5, 0.6) is 17.2 Å². The van der Waals surface area contributed by atoms with E-state index in [1.54, 1.807) is 26.0 Å². The zero-order valence-corrected chi connectivity index (χ0v) is 17.0. The maximum Gasteiger partial charge on any atom is 0.203 e. The number of hydrogen-bond acceptors (Lipinski definition) is 5. The van der Waals surface area contributed by atoms with Crippen molar-refractivity contribution in [3.05, 3.63) is 29.0 Å². The minimum atomic E-state index is -0.376. The number of benzene rings is 1. The third-order valence-corrected chi connectivity index (χ3v) is 4.79. The zero-order chi connectivity index (χ0) is 19.4. The summed E-state index contributed by atoms with van der Waals surface area (Å²) in [5, 5.41) is 3.79. The molecule has 6 nitrogen and oxygen atoms in total. The van der Waals surface area contributed by atoms with Gasteiger partial charge < -0.3 is 24.4 Å². The third-order valence-electron chi connectivity index (χ3n) is 4.40. The predicted molar refractivity (Wildman–Crippen MR) is 105 cm³/mol. The number of ether oxygens (including phenoxy) is 3. The Kier molecular flexibility index (Phi) is 6.47. The van der Waals surface area contributed by atoms with Crippen LogP contribution in [0.4, 0.5) is 0 Å². The SMILES string of the molecule is CCCOc1c(OC)cc(C2NC(=S)N(C)C(C)=C2C(C)=O)cc1OC. The largest absolute Gasteiger partial charge is 0.493 e. The van der Waals surface area contributed by atoms with E-state index >= 15 is 0 Å². The molecule has 0 bridgehead atoms. The van der Waals surface area contributed by atoms with Crippen LogP contribution in [0.1, 0.15) is 38.8 Å². The highest BCUT2D eigenvalue weighted by Gasteiger charge is 2.32. The van der Waals surface area contributed by atoms with E-state index in [2.05, 4.69) is 5.32 Å². The van der Waals surface area contributed by atoms with Gasteiger partial charge in [-0.15, -0.1) is 0 Å². The third kappa shape index (κ3) is 3.77. The first-order valence-corrected chi connectivity index (χ1v) is 8.91. The fourth-order valence-electron chi connectivity index (χ4n) is 2.96. The van der Waals surface area contributed by atoms with Crippen LogP contribution in [0.15, 0.2) is 23.4 Å². The van der Waals surface area contributed by atoms with E-state index in [0.29, 0.717) is 34.5 Å². The lowest BCUT2D eigenvalue weighted by molar-refractivity contribution is -0.114. The van der Waals surface area contributed by atoms with Gasteiger partial charge in [-0.25, -0.2) is 0 Å². The van der Waals surface area contributed by atoms with E-state index in [9.17, 15) is 4.79 Å². The molecule has 1 atom stereocenters. The smallest absolute Gasteiger partial charge is 0.203 e. The second kappa shape index (κ2) is 8.40. The molecule has 0 saturated carbocycles. The summed E-state index contributed by atoms with van der Waals surface area (Å²) >= 11 is 5.41. The highest BCUT2D eigenvalue weighted by molar-refractivity contribution is 7.80. The Morgan fingerprint density at radius 3 is 2.31 bits per heavy atom. The lowest BCUT2D eigenvalue weighted by atomic mass is 9.92. The van der Waals surface area contributed by atoms with E-state index in [0.717, 1.165) is 17.7 Å². The summed E-state index contributed by atoms with van der Waals surface area (Å²) in [5.74, 6) is 1.65. The molecule has 1 aromatic rings. The number of rotatable bonds is 7. The number of carbonyl (C=O) groups excluding carboxylic acids is 1. The molecule has 1 aromatic carbocycles. The molecular formula is C19H26N2O4S. The molecule has 1 N–H and O–H groups in total. The molecule has 1 aliphatic heterocycles. The number of allylic oxidation sites excluding steroid dienone is 1. The molecule has 2 rings (SSSR count). The Balaban J connectivity index is 2.59. The van der Waals surface area contributed by atoms with Gasteiger partial charge in [0.05, 0.1) is 26.9 Å². The summed E-state index contributed by atoms with van der Waals surface area (Å²) in [6, 6.07) is 3.34. The number of hydrogen-bond donors (Lipinski definition) is 1. The fourth-order valence-corrected chi connectivity index (χ4v) is 3.21. The van der Waals surface area contributed by atoms with Crippen LogP contribution in [-0.4, -0.2) is 43.7 Å². The highest BCUT2D eigenvalue weighted by atomic mass is 32.1. The molecule has 142 valence electrons. The molecule has 0 saturated heterocycles. The van der Waals surface area contributed by atoms with E-state index in [1.807, 2.05) is 33.0 Å². The molecular weight excluding hydrogens is 352 g/mol. The quantitative estimate of drug-likeness (QED) is 0.731. The van der Waals surface area contributed by atoms with Crippen molar-refractivity contribution in [1.82, 2.24) is 10.2 Å². The van der Waals surface area contributed by atoms with Crippen molar-refractivity contribution in [3.8, 4) is 17.2 Å². The van der Waals surface area contributed by atoms with Gasteiger partial charge in [0.2, 0.25) is 5.75 Å². The number of methoxy groups -OCH3 is 2. The van der Waals surface area contributed by atoms with Crippen molar-refractivity contribution in [3.63, 3.8) is 0 Å². The number of thiocarbonyl (C=S) groups is 1. The van der Waals surface area contributed by atoms with Gasteiger partial charge in [0.25, 0.3) is 0 Å². The topological polar surface area (TPSA) is 60.0 Å². The zero-order valence-electron chi connectivity index (χ0n) is 16.1. The van der Waals surface area contributed by atoms with Crippen LogP contribution in [0, 0.1) is 0 Å². The van der Waals surface area contributed by atoms with E-state index in [-0.39, 0.29) is 11.8 Å². The van der Waals surface area contributed by atoms with E-state index < -0.39 is 0 Å². The first-order valence-electron chi connectivity index (χ1n) is 8.50. The monoisotopic (exact) mass is 378 g/mol. The van der Waals surface area contributed by atoms with Gasteiger partial charge in [0.15, 0.2) is 22.4 Å². The molecule has 1 heterocycles. The van der Waals surface area contributed by atoms with Crippen molar-refractivity contribution in [2.75, 3.05) is 27.9 Å². The Labute approximate surface area is 160 Å². The average molecular weight is 378 g/mol. The second-order valence-corrected chi connectivity index (χ2v) is 6.49. The minimum absolute atomic E-state index is 0.0152. The van der Waals surface area contributed by atoms with Crippen molar-refractivity contribution < 1.29 is 19.0 Å². The average Bonchev–Trinajstić information content (AvgIpc) is 2.62. The molecule has 1 unspecified atom stereocenters. The van der Waals surface area contributed by atoms with Crippen LogP contribution in [0.2, 0.25) is 0 Å². The summed E-state index contributed by atoms with van der Waals surface area (Å²) in [4.78, 5) is 14.1. The second-order valence-electron chi connectivity index (χ2n) is 6.10. The normalized spacial score (nSPS) is 17.1. The molecule has 0 fully saturated rings. The first-order chi connectivity index (χ1) is 12.3. The molecule has 0 spiro atoms. The van der Waals surface area contributed by atoms with Crippen LogP contribution < -0.4 is 19.5 Å². The number of carbonyl (C=O) groups is 1. The number of nitrogens with zero attached hydrogens (tertiary/aromatic N) is 1. The first kappa shape index (κ1) is 20.0. The lowest BCUT2D eigenvalue weighted by Crippen LogP contribution is -2.45. The van der Waals surface area contributed by atoms with Gasteiger partial charge in [-0.2, -0.15) is 0 Å². The molecule has 0 amide bonds. The number of Topliss-reactive ketones (excluding diaryl/α,β-unsaturated/α-hetero) is 1. The van der Waals surface area contributed by atoms with Crippen LogP contribution >= 0.6 is 12.2 Å². The van der Waals surface area contributed by atoms with Gasteiger partial charge in [0, 0.05) is 18.3 Å². The van der Waals surface area contributed by atoms with Crippen molar-refractivity contribution in [2.45, 2.75) is 33.2 Å². The number of ketones is 1. The summed E-state index contributed by atoms with van der Waals surface area (Å²) in [6.45, 7) is 6.04. The van der Waals surface area contributed by atoms with Crippen molar-refractivity contribution >= 4 is 23.1 Å². The van der Waals surface area contributed by atoms with Crippen molar-refractivity contribution in [1.29, 1.82) is 0 Å². The maximum absolute atomic E-state index is 12.3. The molecule has 7 heteroatoms. The molecule has 0 aliphatic carbocycles. The van der Waals surface area contributed by atoms with Crippen LogP contribution in [0.25, 0.3) is 0 Å². The van der Waals surface area contributed by atoms with Gasteiger partial charge in [-0.05, 0) is 50.2 Å². The Morgan fingerprint density at radius 1 is 1.27 bits per heavy atom. The molecule has 26 heavy (non-hydrogen) atoms. The summed E-state index contributed by atoms with van der Waals surface area (Å²) in [6.07, 6.45) is 0.870. The van der Waals surface area contributed by atoms with Gasteiger partial charge in [-0.1, -0.05) is 6.92 Å². The molecule has 1 aliphatic rings. The van der Waals surface area contributed by atoms with Gasteiger partial charge in [0.1, 0.15) is 0 Å². The Morgan fingerprint density at radius 2 is 1.85 bits per heavy atom. The maximum atomic E-state index is 12.3. The summed E-state index contributed by atoms with van der Waals surface area (Å²) < 4.78 is 16.8. The van der Waals surface area contributed by atoms with Crippen LogP contribution in [0.3, 0.4) is 0 Å². The lowest BCUT2D eigenvalue weighted by Gasteiger charge is -2.35. The molecule has 0 radical (unpaired) electrons. The number of nitrogens with one attached hydrogen (secondary N) is 1. The predicted octanol–water partition coefficient (Wildman–Crippen LogP) is 3.22. The highest BCUT2D eigenvalue weighted by Crippen LogP contribution is 2.42.